The highest BCUT2D eigenvalue weighted by molar-refractivity contribution is 6.34. The number of benzene rings is 2. The van der Waals surface area contributed by atoms with Gasteiger partial charge in [-0.15, -0.1) is 0 Å². The van der Waals surface area contributed by atoms with Crippen molar-refractivity contribution in [1.29, 1.82) is 0 Å². The van der Waals surface area contributed by atoms with Crippen LogP contribution in [0.3, 0.4) is 0 Å². The minimum absolute atomic E-state index is 0.0872. The molecule has 0 spiro atoms. The van der Waals surface area contributed by atoms with E-state index in [0.717, 1.165) is 56.3 Å². The normalized spacial score (nSPS) is 15.4. The van der Waals surface area contributed by atoms with Crippen LogP contribution in [-0.2, 0) is 27.2 Å². The van der Waals surface area contributed by atoms with E-state index in [9.17, 15) is 18.4 Å². The van der Waals surface area contributed by atoms with Gasteiger partial charge in [0.1, 0.15) is 12.0 Å². The number of carboxylic acids is 1. The Balaban J connectivity index is 0.00000108. The number of hydrogen-bond donors (Lipinski definition) is 2. The monoisotopic (exact) mass is 593 g/mol. The van der Waals surface area contributed by atoms with Gasteiger partial charge in [0.25, 0.3) is 5.97 Å². The highest BCUT2D eigenvalue weighted by Gasteiger charge is 2.26. The Labute approximate surface area is 244 Å². The molecule has 0 radical (unpaired) electrons. The average Bonchev–Trinajstić information content (AvgIpc) is 3.35. The molecule has 0 bridgehead atoms. The predicted molar refractivity (Wildman–Crippen MR) is 155 cm³/mol. The summed E-state index contributed by atoms with van der Waals surface area (Å²) in [5.74, 6) is -1.90. The quantitative estimate of drug-likeness (QED) is 0.358. The van der Waals surface area contributed by atoms with Gasteiger partial charge >= 0.3 is 6.03 Å². The summed E-state index contributed by atoms with van der Waals surface area (Å²) in [4.78, 5) is 37.8. The van der Waals surface area contributed by atoms with Crippen LogP contribution in [0.2, 0.25) is 5.02 Å². The fourth-order valence-electron chi connectivity index (χ4n) is 5.01. The average molecular weight is 594 g/mol. The molecule has 11 heteroatoms. The first-order valence-electron chi connectivity index (χ1n) is 13.9. The van der Waals surface area contributed by atoms with E-state index in [-0.39, 0.29) is 41.9 Å². The molecule has 2 aliphatic rings. The number of amides is 3. The van der Waals surface area contributed by atoms with Crippen LogP contribution in [0.4, 0.5) is 25.0 Å². The summed E-state index contributed by atoms with van der Waals surface area (Å²) in [5, 5.41) is 10.2. The molecule has 3 amide bonds. The van der Waals surface area contributed by atoms with E-state index in [1.54, 1.807) is 4.90 Å². The zero-order valence-corrected chi connectivity index (χ0v) is 24.3. The second-order valence-corrected chi connectivity index (χ2v) is 10.7. The predicted octanol–water partition coefficient (Wildman–Crippen LogP) is 6.24. The van der Waals surface area contributed by atoms with Crippen molar-refractivity contribution in [2.75, 3.05) is 36.5 Å². The molecule has 2 aromatic carbocycles. The maximum absolute atomic E-state index is 15.0. The van der Waals surface area contributed by atoms with E-state index in [0.29, 0.717) is 13.2 Å². The Bertz CT molecular complexity index is 1200. The van der Waals surface area contributed by atoms with Crippen LogP contribution in [0, 0.1) is 5.82 Å². The van der Waals surface area contributed by atoms with Crippen molar-refractivity contribution in [3.05, 3.63) is 58.4 Å². The van der Waals surface area contributed by atoms with E-state index in [2.05, 4.69) is 5.32 Å². The Morgan fingerprint density at radius 1 is 1.20 bits per heavy atom. The van der Waals surface area contributed by atoms with Crippen LogP contribution in [0.25, 0.3) is 0 Å². The van der Waals surface area contributed by atoms with Crippen LogP contribution >= 0.6 is 11.6 Å². The summed E-state index contributed by atoms with van der Waals surface area (Å²) in [6.45, 7) is 3.45. The van der Waals surface area contributed by atoms with Crippen molar-refractivity contribution >= 4 is 40.9 Å². The van der Waals surface area contributed by atoms with Gasteiger partial charge in [-0.2, -0.15) is 0 Å². The Kier molecular flexibility index (Phi) is 12.3. The number of para-hydroxylation sites is 1. The SMILES string of the molecule is CC(=O)O.CC(F)CN(CCOC1CCCCC1)C(=O)Cc1cc(Cl)c(NC(=O)N2CCc3ccccc32)cc1F. The van der Waals surface area contributed by atoms with Crippen molar-refractivity contribution < 1.29 is 33.0 Å². The van der Waals surface area contributed by atoms with Gasteiger partial charge in [0, 0.05) is 25.7 Å². The van der Waals surface area contributed by atoms with Crippen molar-refractivity contribution in [1.82, 2.24) is 4.90 Å². The van der Waals surface area contributed by atoms with Gasteiger partial charge < -0.3 is 20.1 Å². The molecule has 41 heavy (non-hydrogen) atoms. The number of halogens is 3. The number of ether oxygens (including phenoxy) is 1. The minimum atomic E-state index is -1.22. The van der Waals surface area contributed by atoms with Gasteiger partial charge in [0.2, 0.25) is 5.91 Å². The molecule has 1 heterocycles. The molecule has 1 fully saturated rings. The third-order valence-electron chi connectivity index (χ3n) is 6.94. The number of hydrogen-bond acceptors (Lipinski definition) is 4. The summed E-state index contributed by atoms with van der Waals surface area (Å²) in [5.41, 5.74) is 2.10. The van der Waals surface area contributed by atoms with Gasteiger partial charge in [0.15, 0.2) is 0 Å². The van der Waals surface area contributed by atoms with Gasteiger partial charge in [-0.3, -0.25) is 14.5 Å². The first-order valence-corrected chi connectivity index (χ1v) is 14.3. The third kappa shape index (κ3) is 9.97. The number of alkyl halides is 1. The number of carboxylic acid groups (broad SMARTS) is 1. The number of carbonyl (C=O) groups is 3. The number of anilines is 2. The lowest BCUT2D eigenvalue weighted by Gasteiger charge is -2.26. The Morgan fingerprint density at radius 3 is 2.56 bits per heavy atom. The molecule has 1 aliphatic carbocycles. The molecule has 1 saturated carbocycles. The molecule has 0 aromatic heterocycles. The maximum Gasteiger partial charge on any atom is 0.326 e. The number of rotatable bonds is 9. The van der Waals surface area contributed by atoms with Crippen molar-refractivity contribution in [3.63, 3.8) is 0 Å². The Hall–Kier alpha value is -3.24. The Morgan fingerprint density at radius 2 is 1.88 bits per heavy atom. The summed E-state index contributed by atoms with van der Waals surface area (Å²) >= 11 is 6.36. The summed E-state index contributed by atoms with van der Waals surface area (Å²) < 4.78 is 34.7. The van der Waals surface area contributed by atoms with E-state index >= 15 is 0 Å². The third-order valence-corrected chi connectivity index (χ3v) is 7.26. The molecule has 4 rings (SSSR count). The summed E-state index contributed by atoms with van der Waals surface area (Å²) in [7, 11) is 0. The first kappa shape index (κ1) is 32.3. The van der Waals surface area contributed by atoms with Crippen LogP contribution < -0.4 is 10.2 Å². The molecular weight excluding hydrogens is 556 g/mol. The number of carbonyl (C=O) groups excluding carboxylic acids is 2. The number of urea groups is 1. The lowest BCUT2D eigenvalue weighted by molar-refractivity contribution is -0.134. The molecule has 224 valence electrons. The smallest absolute Gasteiger partial charge is 0.326 e. The van der Waals surface area contributed by atoms with E-state index in [4.69, 9.17) is 26.2 Å². The van der Waals surface area contributed by atoms with Crippen molar-refractivity contribution in [3.8, 4) is 0 Å². The number of aliphatic carboxylic acids is 1. The van der Waals surface area contributed by atoms with E-state index < -0.39 is 29.9 Å². The second kappa shape index (κ2) is 15.7. The lowest BCUT2D eigenvalue weighted by atomic mass is 9.98. The first-order chi connectivity index (χ1) is 19.5. The van der Waals surface area contributed by atoms with Gasteiger partial charge in [-0.1, -0.05) is 49.1 Å². The highest BCUT2D eigenvalue weighted by Crippen LogP contribution is 2.30. The van der Waals surface area contributed by atoms with Crippen LogP contribution in [0.5, 0.6) is 0 Å². The lowest BCUT2D eigenvalue weighted by Crippen LogP contribution is -2.39. The summed E-state index contributed by atoms with van der Waals surface area (Å²) in [6, 6.07) is 9.68. The van der Waals surface area contributed by atoms with E-state index in [1.165, 1.54) is 24.3 Å². The molecule has 0 saturated heterocycles. The zero-order chi connectivity index (χ0) is 29.9. The molecule has 2 N–H and O–H groups in total. The van der Waals surface area contributed by atoms with Crippen LogP contribution in [-0.4, -0.2) is 66.4 Å². The molecule has 2 aromatic rings. The molecule has 1 aliphatic heterocycles. The van der Waals surface area contributed by atoms with Gasteiger partial charge in [-0.05, 0) is 55.5 Å². The minimum Gasteiger partial charge on any atom is -0.481 e. The van der Waals surface area contributed by atoms with Gasteiger partial charge in [-0.25, -0.2) is 13.6 Å². The summed E-state index contributed by atoms with van der Waals surface area (Å²) in [6.07, 6.45) is 4.93. The molecule has 8 nitrogen and oxygen atoms in total. The van der Waals surface area contributed by atoms with Crippen LogP contribution in [0.1, 0.15) is 57.1 Å². The standard InChI is InChI=1S/C28H34ClF2N3O3.C2H4O2/c1-19(30)18-33(13-14-37-22-8-3-2-4-9-22)27(35)16-21-15-23(29)25(17-24(21)31)32-28(36)34-12-11-20-7-5-6-10-26(20)34;1-2(3)4/h5-7,10,15,17,19,22H,2-4,8-9,11-14,16,18H2,1H3,(H,32,36);1H3,(H,3,4). The van der Waals surface area contributed by atoms with E-state index in [1.807, 2.05) is 24.3 Å². The highest BCUT2D eigenvalue weighted by atomic mass is 35.5. The topological polar surface area (TPSA) is 99.2 Å². The largest absolute Gasteiger partial charge is 0.481 e. The van der Waals surface area contributed by atoms with Gasteiger partial charge in [0.05, 0.1) is 36.4 Å². The fourth-order valence-corrected chi connectivity index (χ4v) is 5.24. The molecule has 1 unspecified atom stereocenters. The van der Waals surface area contributed by atoms with Crippen LogP contribution in [0.15, 0.2) is 36.4 Å². The molecule has 1 atom stereocenters. The zero-order valence-electron chi connectivity index (χ0n) is 23.5. The second-order valence-electron chi connectivity index (χ2n) is 10.3. The number of fused-ring (bicyclic) bond motifs is 1. The van der Waals surface area contributed by atoms with Crippen molar-refractivity contribution in [2.45, 2.75) is 71.1 Å². The van der Waals surface area contributed by atoms with Crippen molar-refractivity contribution in [2.24, 2.45) is 0 Å². The fraction of sp³-hybridized carbons (Fsp3) is 0.500. The number of nitrogens with zero attached hydrogens (tertiary/aromatic N) is 2. The maximum atomic E-state index is 15.0. The molecular formula is C30H38ClF2N3O5. The number of nitrogens with one attached hydrogen (secondary N) is 1.